The first kappa shape index (κ1) is 40.8. The minimum Gasteiger partial charge on any atom is -0.507 e. The first-order valence-corrected chi connectivity index (χ1v) is 20.9. The summed E-state index contributed by atoms with van der Waals surface area (Å²) in [7, 11) is 0. The molecule has 0 aliphatic heterocycles. The Bertz CT molecular complexity index is 3280. The summed E-state index contributed by atoms with van der Waals surface area (Å²) in [5, 5.41) is 14.4. The van der Waals surface area contributed by atoms with E-state index < -0.39 is 0 Å². The minimum atomic E-state index is -0.327. The fourth-order valence-corrected chi connectivity index (χ4v) is 8.50. The first-order chi connectivity index (χ1) is 29.4. The van der Waals surface area contributed by atoms with Crippen LogP contribution >= 0.6 is 0 Å². The Hall–Kier alpha value is -6.55. The summed E-state index contributed by atoms with van der Waals surface area (Å²) in [4.78, 5) is 10.6. The van der Waals surface area contributed by atoms with E-state index >= 15 is 0 Å². The Morgan fingerprint density at radius 3 is 1.97 bits per heavy atom. The van der Waals surface area contributed by atoms with Gasteiger partial charge in [0.05, 0.1) is 22.3 Å². The Labute approximate surface area is 377 Å². The average molecular weight is 988 g/mol. The molecule has 7 aromatic carbocycles. The van der Waals surface area contributed by atoms with Crippen molar-refractivity contribution in [2.75, 3.05) is 0 Å². The second-order valence-electron chi connectivity index (χ2n) is 18.0. The summed E-state index contributed by atoms with van der Waals surface area (Å²) in [5.41, 5.74) is 14.1. The van der Waals surface area contributed by atoms with Gasteiger partial charge in [-0.3, -0.25) is 9.55 Å². The minimum absolute atomic E-state index is 0. The number of pyridine rings is 1. The van der Waals surface area contributed by atoms with E-state index in [4.69, 9.17) is 14.4 Å². The summed E-state index contributed by atoms with van der Waals surface area (Å²) in [6, 6.07) is 58.2. The molecule has 10 aromatic rings. The number of furan rings is 1. The van der Waals surface area contributed by atoms with Gasteiger partial charge in [-0.15, -0.1) is 23.8 Å². The normalized spacial score (nSPS) is 12.0. The number of imidazole rings is 1. The third-order valence-electron chi connectivity index (χ3n) is 11.7. The van der Waals surface area contributed by atoms with E-state index in [2.05, 4.69) is 174 Å². The van der Waals surface area contributed by atoms with Gasteiger partial charge in [0.15, 0.2) is 0 Å². The van der Waals surface area contributed by atoms with Gasteiger partial charge in [0.2, 0.25) is 0 Å². The van der Waals surface area contributed by atoms with Gasteiger partial charge < -0.3 is 9.52 Å². The van der Waals surface area contributed by atoms with Gasteiger partial charge in [-0.1, -0.05) is 173 Å². The van der Waals surface area contributed by atoms with Crippen LogP contribution in [0.15, 0.2) is 168 Å². The van der Waals surface area contributed by atoms with Crippen molar-refractivity contribution >= 4 is 33.0 Å². The zero-order valence-electron chi connectivity index (χ0n) is 35.6. The Morgan fingerprint density at radius 2 is 1.23 bits per heavy atom. The van der Waals surface area contributed by atoms with E-state index in [1.807, 2.05) is 42.6 Å². The van der Waals surface area contributed by atoms with Crippen molar-refractivity contribution in [3.63, 3.8) is 0 Å². The largest absolute Gasteiger partial charge is 0.507 e. The molecule has 0 atom stereocenters. The molecule has 5 nitrogen and oxygen atoms in total. The van der Waals surface area contributed by atoms with Gasteiger partial charge in [-0.2, -0.15) is 0 Å². The molecule has 308 valence electrons. The predicted octanol–water partition coefficient (Wildman–Crippen LogP) is 14.8. The predicted molar refractivity (Wildman–Crippen MR) is 251 cm³/mol. The number of hydrogen-bond acceptors (Lipinski definition) is 4. The molecule has 0 saturated carbocycles. The van der Waals surface area contributed by atoms with Crippen molar-refractivity contribution in [2.24, 2.45) is 0 Å². The third kappa shape index (κ3) is 7.25. The van der Waals surface area contributed by atoms with Crippen LogP contribution in [0.4, 0.5) is 0 Å². The number of para-hydroxylation sites is 3. The van der Waals surface area contributed by atoms with E-state index in [1.165, 1.54) is 0 Å². The van der Waals surface area contributed by atoms with Crippen LogP contribution in [0.3, 0.4) is 0 Å². The van der Waals surface area contributed by atoms with Crippen LogP contribution in [0.5, 0.6) is 5.75 Å². The summed E-state index contributed by atoms with van der Waals surface area (Å²) >= 11 is 0. The van der Waals surface area contributed by atoms with E-state index in [-0.39, 0.29) is 37.6 Å². The molecule has 0 aliphatic carbocycles. The molecule has 0 unspecified atom stereocenters. The number of aromatic nitrogens is 3. The van der Waals surface area contributed by atoms with Gasteiger partial charge >= 0.3 is 0 Å². The maximum Gasteiger partial charge on any atom is 0.148 e. The van der Waals surface area contributed by atoms with Crippen molar-refractivity contribution < 1.29 is 30.6 Å². The number of phenols is 1. The number of phenolic OH excluding ortho intramolecular Hbond substituents is 1. The summed E-state index contributed by atoms with van der Waals surface area (Å²) in [6.07, 6.45) is 1.90. The zero-order valence-corrected chi connectivity index (χ0v) is 37.9. The molecular formula is C56H46N3O2Pt-. The quantitative estimate of drug-likeness (QED) is 0.169. The van der Waals surface area contributed by atoms with Crippen LogP contribution in [-0.2, 0) is 31.9 Å². The van der Waals surface area contributed by atoms with Crippen LogP contribution in [0, 0.1) is 6.07 Å². The van der Waals surface area contributed by atoms with Crippen LogP contribution in [0.1, 0.15) is 52.7 Å². The molecule has 6 heteroatoms. The molecule has 3 aromatic heterocycles. The Kier molecular flexibility index (Phi) is 10.4. The summed E-state index contributed by atoms with van der Waals surface area (Å²) in [6.45, 7) is 13.1. The number of fused-ring (bicyclic) bond motifs is 4. The van der Waals surface area contributed by atoms with E-state index in [0.29, 0.717) is 11.4 Å². The molecule has 10 rings (SSSR count). The molecule has 0 fully saturated rings. The van der Waals surface area contributed by atoms with Crippen molar-refractivity contribution in [3.05, 3.63) is 181 Å². The van der Waals surface area contributed by atoms with Crippen molar-refractivity contribution in [1.82, 2.24) is 14.5 Å². The summed E-state index contributed by atoms with van der Waals surface area (Å²) in [5.74, 6) is 0.902. The van der Waals surface area contributed by atoms with Crippen LogP contribution in [0.25, 0.3) is 94.7 Å². The van der Waals surface area contributed by atoms with Gasteiger partial charge in [-0.25, -0.2) is 4.98 Å². The molecule has 0 saturated heterocycles. The second-order valence-corrected chi connectivity index (χ2v) is 18.0. The third-order valence-corrected chi connectivity index (χ3v) is 11.7. The number of nitrogens with zero attached hydrogens (tertiary/aromatic N) is 3. The summed E-state index contributed by atoms with van der Waals surface area (Å²) < 4.78 is 8.55. The van der Waals surface area contributed by atoms with E-state index in [1.54, 1.807) is 0 Å². The van der Waals surface area contributed by atoms with Gasteiger partial charge in [0.1, 0.15) is 22.7 Å². The first-order valence-electron chi connectivity index (χ1n) is 20.9. The van der Waals surface area contributed by atoms with E-state index in [9.17, 15) is 5.11 Å². The topological polar surface area (TPSA) is 64.1 Å². The SMILES string of the molecule is CC(C)(C)c1cc(-c2nc3c(-c4[c-]c(-c5cc6oc7ccccc7c6cn5)cc(-c5ccccc5)c4)cccc3n2-c2ccccc2-c2ccccc2)c(O)c(C(C)(C)C)c1.[Pt]. The molecule has 62 heavy (non-hydrogen) atoms. The van der Waals surface area contributed by atoms with Crippen molar-refractivity contribution in [2.45, 2.75) is 52.4 Å². The monoisotopic (exact) mass is 987 g/mol. The molecule has 0 bridgehead atoms. The fraction of sp³-hybridized carbons (Fsp3) is 0.143. The molecule has 3 heterocycles. The number of aromatic hydroxyl groups is 1. The Balaban J connectivity index is 0.00000490. The number of benzene rings is 7. The van der Waals surface area contributed by atoms with Gasteiger partial charge in [-0.05, 0) is 57.9 Å². The molecule has 0 spiro atoms. The van der Waals surface area contributed by atoms with Gasteiger partial charge in [0, 0.05) is 54.9 Å². The maximum absolute atomic E-state index is 12.4. The Morgan fingerprint density at radius 1 is 0.565 bits per heavy atom. The smallest absolute Gasteiger partial charge is 0.148 e. The number of rotatable bonds is 6. The van der Waals surface area contributed by atoms with Crippen LogP contribution in [0.2, 0.25) is 0 Å². The molecule has 0 aliphatic rings. The van der Waals surface area contributed by atoms with Crippen LogP contribution in [-0.4, -0.2) is 19.6 Å². The molecule has 0 radical (unpaired) electrons. The number of hydrogen-bond donors (Lipinski definition) is 1. The van der Waals surface area contributed by atoms with Crippen LogP contribution < -0.4 is 0 Å². The fourth-order valence-electron chi connectivity index (χ4n) is 8.50. The van der Waals surface area contributed by atoms with E-state index in [0.717, 1.165) is 94.4 Å². The zero-order chi connectivity index (χ0) is 42.0. The maximum atomic E-state index is 12.4. The second kappa shape index (κ2) is 15.7. The molecule has 0 amide bonds. The van der Waals surface area contributed by atoms with Crippen molar-refractivity contribution in [3.8, 4) is 67.5 Å². The average Bonchev–Trinajstić information content (AvgIpc) is 3.84. The molecule has 1 N–H and O–H groups in total. The standard InChI is InChI=1S/C56H46N3O2.Pt/c1-55(2,3)40-31-44(53(60)46(32-40)56(4,5)6)54-58-52-42(24-17-26-49(52)59(54)48-25-15-13-22-41(48)36-20-11-8-12-21-36)38-28-37(35-18-9-7-10-19-35)29-39(30-38)47-33-51-45(34-57-47)43-23-14-16-27-50(43)61-51;/h7-29,31-34,60H,1-6H3;/q-1;. The van der Waals surface area contributed by atoms with Crippen molar-refractivity contribution in [1.29, 1.82) is 0 Å². The van der Waals surface area contributed by atoms with Gasteiger partial charge in [0.25, 0.3) is 0 Å². The molecular weight excluding hydrogens is 942 g/mol.